The summed E-state index contributed by atoms with van der Waals surface area (Å²) in [6.45, 7) is 0. The highest BCUT2D eigenvalue weighted by atomic mass is 16.3. The molecule has 0 atom stereocenters. The van der Waals surface area contributed by atoms with Gasteiger partial charge in [0.05, 0.1) is 5.69 Å². The number of hydrogen-bond donors (Lipinski definition) is 0. The first kappa shape index (κ1) is 17.7. The van der Waals surface area contributed by atoms with Crippen LogP contribution < -0.4 is 0 Å². The zero-order valence-corrected chi connectivity index (χ0v) is 16.8. The minimum absolute atomic E-state index is 0.879. The molecule has 0 fully saturated rings. The van der Waals surface area contributed by atoms with Crippen molar-refractivity contribution < 1.29 is 4.42 Å². The molecule has 31 heavy (non-hydrogen) atoms. The molecule has 2 aromatic heterocycles. The molecule has 0 spiro atoms. The third-order valence-corrected chi connectivity index (χ3v) is 5.74. The number of pyridine rings is 1. The van der Waals surface area contributed by atoms with E-state index in [1.807, 2.05) is 24.4 Å². The molecule has 0 aliphatic rings. The predicted octanol–water partition coefficient (Wildman–Crippen LogP) is 7.98. The molecule has 0 aliphatic heterocycles. The van der Waals surface area contributed by atoms with Gasteiger partial charge in [0.2, 0.25) is 0 Å². The maximum Gasteiger partial charge on any atom is 0.136 e. The van der Waals surface area contributed by atoms with Crippen molar-refractivity contribution in [3.05, 3.63) is 115 Å². The minimum atomic E-state index is 0.879. The van der Waals surface area contributed by atoms with Crippen LogP contribution in [0.5, 0.6) is 0 Å². The highest BCUT2D eigenvalue weighted by Gasteiger charge is 2.11. The highest BCUT2D eigenvalue weighted by Crippen LogP contribution is 2.35. The van der Waals surface area contributed by atoms with Crippen LogP contribution in [-0.2, 0) is 0 Å². The molecule has 0 amide bonds. The first-order valence-electron chi connectivity index (χ1n) is 10.4. The second-order valence-corrected chi connectivity index (χ2v) is 7.69. The van der Waals surface area contributed by atoms with Crippen molar-refractivity contribution in [2.75, 3.05) is 0 Å². The van der Waals surface area contributed by atoms with E-state index in [9.17, 15) is 0 Å². The summed E-state index contributed by atoms with van der Waals surface area (Å²) in [5, 5.41) is 2.25. The van der Waals surface area contributed by atoms with Gasteiger partial charge in [-0.05, 0) is 58.7 Å². The van der Waals surface area contributed by atoms with Gasteiger partial charge in [-0.1, -0.05) is 72.8 Å². The molecule has 2 heteroatoms. The van der Waals surface area contributed by atoms with Crippen LogP contribution in [0, 0.1) is 0 Å². The third-order valence-electron chi connectivity index (χ3n) is 5.74. The molecule has 146 valence electrons. The second-order valence-electron chi connectivity index (χ2n) is 7.69. The Morgan fingerprint density at radius 1 is 0.452 bits per heavy atom. The zero-order chi connectivity index (χ0) is 20.6. The van der Waals surface area contributed by atoms with Gasteiger partial charge in [-0.25, -0.2) is 0 Å². The van der Waals surface area contributed by atoms with Crippen LogP contribution in [0.15, 0.2) is 120 Å². The van der Waals surface area contributed by atoms with Gasteiger partial charge < -0.3 is 4.42 Å². The van der Waals surface area contributed by atoms with E-state index in [2.05, 4.69) is 96.0 Å². The van der Waals surface area contributed by atoms with Gasteiger partial charge in [0.15, 0.2) is 0 Å². The van der Waals surface area contributed by atoms with Gasteiger partial charge in [0.1, 0.15) is 11.2 Å². The molecule has 0 saturated carbocycles. The van der Waals surface area contributed by atoms with E-state index < -0.39 is 0 Å². The molecule has 6 aromatic rings. The Hall–Kier alpha value is -4.17. The Morgan fingerprint density at radius 2 is 1.13 bits per heavy atom. The summed E-state index contributed by atoms with van der Waals surface area (Å²) in [7, 11) is 0. The molecule has 0 N–H and O–H groups in total. The van der Waals surface area contributed by atoms with Gasteiger partial charge in [0.25, 0.3) is 0 Å². The molecule has 0 aliphatic carbocycles. The van der Waals surface area contributed by atoms with Crippen molar-refractivity contribution in [2.24, 2.45) is 0 Å². The fourth-order valence-corrected chi connectivity index (χ4v) is 4.15. The first-order chi connectivity index (χ1) is 15.3. The number of furan rings is 1. The zero-order valence-electron chi connectivity index (χ0n) is 16.8. The van der Waals surface area contributed by atoms with Crippen LogP contribution in [-0.4, -0.2) is 4.98 Å². The van der Waals surface area contributed by atoms with Crippen molar-refractivity contribution in [3.63, 3.8) is 0 Å². The summed E-state index contributed by atoms with van der Waals surface area (Å²) in [5.74, 6) is 0. The normalized spacial score (nSPS) is 11.2. The van der Waals surface area contributed by atoms with Crippen molar-refractivity contribution in [2.45, 2.75) is 0 Å². The van der Waals surface area contributed by atoms with E-state index in [1.54, 1.807) is 0 Å². The van der Waals surface area contributed by atoms with Crippen molar-refractivity contribution in [3.8, 4) is 33.5 Å². The van der Waals surface area contributed by atoms with E-state index in [1.165, 1.54) is 16.7 Å². The SMILES string of the molecule is c1ccc(-c2ccnc(-c3ccc4c(c3)oc3ccc(-c5ccccc5)cc34)c2)cc1. The summed E-state index contributed by atoms with van der Waals surface area (Å²) < 4.78 is 6.19. The quantitative estimate of drug-likeness (QED) is 0.302. The number of nitrogens with zero attached hydrogens (tertiary/aromatic N) is 1. The van der Waals surface area contributed by atoms with E-state index in [4.69, 9.17) is 4.42 Å². The molecule has 4 aromatic carbocycles. The molecule has 0 bridgehead atoms. The first-order valence-corrected chi connectivity index (χ1v) is 10.4. The van der Waals surface area contributed by atoms with Crippen LogP contribution in [0.25, 0.3) is 55.4 Å². The van der Waals surface area contributed by atoms with Gasteiger partial charge in [-0.2, -0.15) is 0 Å². The summed E-state index contributed by atoms with van der Waals surface area (Å²) >= 11 is 0. The molecular weight excluding hydrogens is 378 g/mol. The molecule has 0 radical (unpaired) electrons. The Balaban J connectivity index is 1.44. The van der Waals surface area contributed by atoms with Crippen LogP contribution >= 0.6 is 0 Å². The maximum absolute atomic E-state index is 6.19. The fraction of sp³-hybridized carbons (Fsp3) is 0. The van der Waals surface area contributed by atoms with Gasteiger partial charge >= 0.3 is 0 Å². The number of aromatic nitrogens is 1. The van der Waals surface area contributed by atoms with Gasteiger partial charge in [-0.15, -0.1) is 0 Å². The third kappa shape index (κ3) is 3.19. The van der Waals surface area contributed by atoms with Crippen LogP contribution in [0.2, 0.25) is 0 Å². The standard InChI is InChI=1S/C29H19NO/c1-3-7-20(8-4-1)22-12-14-28-26(17-22)25-13-11-24(19-29(25)31-28)27-18-23(15-16-30-27)21-9-5-2-6-10-21/h1-19H. The van der Waals surface area contributed by atoms with Crippen molar-refractivity contribution in [1.82, 2.24) is 4.98 Å². The lowest BCUT2D eigenvalue weighted by molar-refractivity contribution is 0.669. The number of benzene rings is 4. The number of rotatable bonds is 3. The Bertz CT molecular complexity index is 1510. The van der Waals surface area contributed by atoms with Crippen molar-refractivity contribution in [1.29, 1.82) is 0 Å². The average molecular weight is 397 g/mol. The largest absolute Gasteiger partial charge is 0.456 e. The molecule has 2 heterocycles. The topological polar surface area (TPSA) is 26.0 Å². The van der Waals surface area contributed by atoms with E-state index >= 15 is 0 Å². The van der Waals surface area contributed by atoms with Gasteiger partial charge in [0, 0.05) is 22.5 Å². The smallest absolute Gasteiger partial charge is 0.136 e. The monoisotopic (exact) mass is 397 g/mol. The van der Waals surface area contributed by atoms with Gasteiger partial charge in [-0.3, -0.25) is 4.98 Å². The fourth-order valence-electron chi connectivity index (χ4n) is 4.15. The molecule has 6 rings (SSSR count). The van der Waals surface area contributed by atoms with E-state index in [0.717, 1.165) is 38.8 Å². The lowest BCUT2D eigenvalue weighted by atomic mass is 10.0. The van der Waals surface area contributed by atoms with Crippen molar-refractivity contribution >= 4 is 21.9 Å². The Morgan fingerprint density at radius 3 is 1.87 bits per heavy atom. The van der Waals surface area contributed by atoms with E-state index in [0.29, 0.717) is 0 Å². The Kier molecular flexibility index (Phi) is 4.14. The number of fused-ring (bicyclic) bond motifs is 3. The molecule has 0 unspecified atom stereocenters. The second kappa shape index (κ2) is 7.26. The van der Waals surface area contributed by atoms with Crippen LogP contribution in [0.3, 0.4) is 0 Å². The average Bonchev–Trinajstić information content (AvgIpc) is 3.22. The molecule has 0 saturated heterocycles. The predicted molar refractivity (Wildman–Crippen MR) is 128 cm³/mol. The summed E-state index contributed by atoms with van der Waals surface area (Å²) in [6.07, 6.45) is 1.87. The summed E-state index contributed by atoms with van der Waals surface area (Å²) in [6, 6.07) is 37.7. The summed E-state index contributed by atoms with van der Waals surface area (Å²) in [5.41, 5.74) is 8.50. The van der Waals surface area contributed by atoms with Crippen LogP contribution in [0.4, 0.5) is 0 Å². The molecule has 2 nitrogen and oxygen atoms in total. The van der Waals surface area contributed by atoms with Crippen LogP contribution in [0.1, 0.15) is 0 Å². The minimum Gasteiger partial charge on any atom is -0.456 e. The lowest BCUT2D eigenvalue weighted by Gasteiger charge is -2.05. The maximum atomic E-state index is 6.19. The summed E-state index contributed by atoms with van der Waals surface area (Å²) in [4.78, 5) is 4.61. The highest BCUT2D eigenvalue weighted by molar-refractivity contribution is 6.07. The lowest BCUT2D eigenvalue weighted by Crippen LogP contribution is -1.85. The van der Waals surface area contributed by atoms with E-state index in [-0.39, 0.29) is 0 Å². The Labute approximate surface area is 180 Å². The number of hydrogen-bond acceptors (Lipinski definition) is 2. The molecular formula is C29H19NO.